The van der Waals surface area contributed by atoms with E-state index in [0.29, 0.717) is 12.1 Å². The molecule has 0 saturated heterocycles. The summed E-state index contributed by atoms with van der Waals surface area (Å²) in [4.78, 5) is 1.41. The van der Waals surface area contributed by atoms with Crippen molar-refractivity contribution >= 4 is 0 Å². The Labute approximate surface area is 71.2 Å². The first kappa shape index (κ1) is 9.15. The largest absolute Gasteiger partial charge is 0.382 e. The smallest absolute Gasteiger partial charge is 0.122 e. The molecule has 0 amide bonds. The van der Waals surface area contributed by atoms with E-state index in [9.17, 15) is 5.11 Å². The Kier molecular flexibility index (Phi) is 2.44. The fourth-order valence-electron chi connectivity index (χ4n) is 0.989. The van der Waals surface area contributed by atoms with Gasteiger partial charge in [-0.1, -0.05) is 6.92 Å². The monoisotopic (exact) mass is 170 g/mol. The van der Waals surface area contributed by atoms with Gasteiger partial charge < -0.3 is 10.8 Å². The number of nitrogens with zero attached hydrogens (tertiary/aromatic N) is 3. The average molecular weight is 170 g/mol. The zero-order chi connectivity index (χ0) is 9.19. The molecule has 1 aromatic rings. The number of hydrogen-bond donors (Lipinski definition) is 2. The van der Waals surface area contributed by atoms with Crippen molar-refractivity contribution in [1.82, 2.24) is 15.0 Å². The maximum absolute atomic E-state index is 9.87. The highest BCUT2D eigenvalue weighted by atomic mass is 16.3. The van der Waals surface area contributed by atoms with Crippen LogP contribution in [-0.2, 0) is 12.6 Å². The minimum Gasteiger partial charge on any atom is -0.382 e. The number of aryl methyl sites for hydroxylation is 1. The number of nitrogens with two attached hydrogens (primary N) is 1. The molecule has 1 atom stereocenters. The van der Waals surface area contributed by atoms with E-state index in [1.165, 1.54) is 11.0 Å². The van der Waals surface area contributed by atoms with E-state index >= 15 is 0 Å². The lowest BCUT2D eigenvalue weighted by atomic mass is 9.98. The van der Waals surface area contributed by atoms with E-state index in [4.69, 9.17) is 5.73 Å². The van der Waals surface area contributed by atoms with Crippen LogP contribution < -0.4 is 5.73 Å². The highest BCUT2D eigenvalue weighted by molar-refractivity contribution is 5.06. The topological polar surface area (TPSA) is 77.0 Å². The third kappa shape index (κ3) is 1.46. The van der Waals surface area contributed by atoms with Crippen LogP contribution in [0.25, 0.3) is 0 Å². The molecule has 0 aliphatic rings. The molecule has 0 aromatic carbocycles. The van der Waals surface area contributed by atoms with Crippen LogP contribution in [0.3, 0.4) is 0 Å². The molecule has 1 unspecified atom stereocenters. The standard InChI is InChI=1S/C7H14N4O/c1-3-7(12,5-8)6-4-9-11(2)10-6/h4,12H,3,5,8H2,1-2H3. The van der Waals surface area contributed by atoms with Crippen molar-refractivity contribution < 1.29 is 5.11 Å². The lowest BCUT2D eigenvalue weighted by Crippen LogP contribution is -2.34. The predicted octanol–water partition coefficient (Wildman–Crippen LogP) is -0.629. The van der Waals surface area contributed by atoms with E-state index in [1.807, 2.05) is 6.92 Å². The van der Waals surface area contributed by atoms with Crippen LogP contribution in [0.2, 0.25) is 0 Å². The van der Waals surface area contributed by atoms with Crippen LogP contribution in [0.4, 0.5) is 0 Å². The Bertz CT molecular complexity index is 254. The van der Waals surface area contributed by atoms with E-state index in [1.54, 1.807) is 7.05 Å². The Balaban J connectivity index is 2.94. The first-order valence-electron chi connectivity index (χ1n) is 3.91. The van der Waals surface area contributed by atoms with Crippen molar-refractivity contribution in [1.29, 1.82) is 0 Å². The van der Waals surface area contributed by atoms with Gasteiger partial charge in [0.2, 0.25) is 0 Å². The van der Waals surface area contributed by atoms with Gasteiger partial charge in [-0.15, -0.1) is 0 Å². The van der Waals surface area contributed by atoms with Crippen LogP contribution in [0, 0.1) is 0 Å². The van der Waals surface area contributed by atoms with Crippen LogP contribution >= 0.6 is 0 Å². The van der Waals surface area contributed by atoms with E-state index in [0.717, 1.165) is 0 Å². The quantitative estimate of drug-likeness (QED) is 0.633. The fraction of sp³-hybridized carbons (Fsp3) is 0.714. The summed E-state index contributed by atoms with van der Waals surface area (Å²) >= 11 is 0. The van der Waals surface area contributed by atoms with Crippen molar-refractivity contribution in [2.24, 2.45) is 12.8 Å². The van der Waals surface area contributed by atoms with E-state index in [2.05, 4.69) is 10.2 Å². The second kappa shape index (κ2) is 3.20. The van der Waals surface area contributed by atoms with Crippen molar-refractivity contribution in [3.63, 3.8) is 0 Å². The van der Waals surface area contributed by atoms with Crippen LogP contribution in [0.15, 0.2) is 6.20 Å². The average Bonchev–Trinajstić information content (AvgIpc) is 2.51. The minimum atomic E-state index is -1.02. The van der Waals surface area contributed by atoms with Gasteiger partial charge in [0.1, 0.15) is 11.3 Å². The molecule has 0 aliphatic heterocycles. The summed E-state index contributed by atoms with van der Waals surface area (Å²) in [6.07, 6.45) is 2.08. The predicted molar refractivity (Wildman–Crippen MR) is 44.2 cm³/mol. The molecule has 68 valence electrons. The third-order valence-electron chi connectivity index (χ3n) is 2.00. The summed E-state index contributed by atoms with van der Waals surface area (Å²) < 4.78 is 0. The van der Waals surface area contributed by atoms with Crippen LogP contribution in [0.5, 0.6) is 0 Å². The molecule has 12 heavy (non-hydrogen) atoms. The molecule has 1 heterocycles. The molecule has 5 heteroatoms. The molecular weight excluding hydrogens is 156 g/mol. The van der Waals surface area contributed by atoms with Gasteiger partial charge in [0, 0.05) is 13.6 Å². The molecule has 5 nitrogen and oxygen atoms in total. The summed E-state index contributed by atoms with van der Waals surface area (Å²) in [5, 5.41) is 17.7. The minimum absolute atomic E-state index is 0.169. The van der Waals surface area contributed by atoms with Gasteiger partial charge in [0.15, 0.2) is 0 Å². The Morgan fingerprint density at radius 3 is 2.75 bits per heavy atom. The molecule has 0 spiro atoms. The van der Waals surface area contributed by atoms with Gasteiger partial charge in [0.05, 0.1) is 6.20 Å². The number of aromatic nitrogens is 3. The summed E-state index contributed by atoms with van der Waals surface area (Å²) in [7, 11) is 1.70. The highest BCUT2D eigenvalue weighted by Crippen LogP contribution is 2.20. The molecule has 0 aliphatic carbocycles. The summed E-state index contributed by atoms with van der Waals surface area (Å²) in [6.45, 7) is 2.03. The second-order valence-corrected chi connectivity index (χ2v) is 2.81. The number of aliphatic hydroxyl groups is 1. The molecule has 0 radical (unpaired) electrons. The first-order valence-corrected chi connectivity index (χ1v) is 3.91. The molecule has 1 aromatic heterocycles. The first-order chi connectivity index (χ1) is 5.62. The van der Waals surface area contributed by atoms with Gasteiger partial charge in [-0.3, -0.25) is 0 Å². The van der Waals surface area contributed by atoms with Gasteiger partial charge in [-0.05, 0) is 6.42 Å². The van der Waals surface area contributed by atoms with Gasteiger partial charge in [-0.25, -0.2) is 0 Å². The second-order valence-electron chi connectivity index (χ2n) is 2.81. The zero-order valence-corrected chi connectivity index (χ0v) is 7.36. The lowest BCUT2D eigenvalue weighted by Gasteiger charge is -2.21. The van der Waals surface area contributed by atoms with Crippen molar-refractivity contribution in [3.8, 4) is 0 Å². The molecule has 0 bridgehead atoms. The van der Waals surface area contributed by atoms with Gasteiger partial charge in [-0.2, -0.15) is 15.0 Å². The fourth-order valence-corrected chi connectivity index (χ4v) is 0.989. The summed E-state index contributed by atoms with van der Waals surface area (Å²) in [5.74, 6) is 0. The number of hydrogen-bond acceptors (Lipinski definition) is 4. The third-order valence-corrected chi connectivity index (χ3v) is 2.00. The Hall–Kier alpha value is -0.940. The SMILES string of the molecule is CCC(O)(CN)c1cnn(C)n1. The molecule has 3 N–H and O–H groups in total. The van der Waals surface area contributed by atoms with Crippen LogP contribution in [0.1, 0.15) is 19.0 Å². The summed E-state index contributed by atoms with van der Waals surface area (Å²) in [5.41, 5.74) is 4.95. The van der Waals surface area contributed by atoms with Gasteiger partial charge >= 0.3 is 0 Å². The van der Waals surface area contributed by atoms with Crippen molar-refractivity contribution in [3.05, 3.63) is 11.9 Å². The number of rotatable bonds is 3. The lowest BCUT2D eigenvalue weighted by molar-refractivity contribution is 0.0369. The summed E-state index contributed by atoms with van der Waals surface area (Å²) in [6, 6.07) is 0. The van der Waals surface area contributed by atoms with E-state index in [-0.39, 0.29) is 6.54 Å². The van der Waals surface area contributed by atoms with E-state index < -0.39 is 5.60 Å². The van der Waals surface area contributed by atoms with Crippen LogP contribution in [-0.4, -0.2) is 26.6 Å². The van der Waals surface area contributed by atoms with Gasteiger partial charge in [0.25, 0.3) is 0 Å². The zero-order valence-electron chi connectivity index (χ0n) is 7.36. The Morgan fingerprint density at radius 2 is 2.42 bits per heavy atom. The maximum Gasteiger partial charge on any atom is 0.122 e. The Morgan fingerprint density at radius 1 is 1.75 bits per heavy atom. The normalized spacial score (nSPS) is 16.0. The molecule has 1 rings (SSSR count). The molecular formula is C7H14N4O. The highest BCUT2D eigenvalue weighted by Gasteiger charge is 2.28. The maximum atomic E-state index is 9.87. The molecule has 0 saturated carbocycles. The van der Waals surface area contributed by atoms with Crippen molar-refractivity contribution in [2.75, 3.05) is 6.54 Å². The van der Waals surface area contributed by atoms with Crippen molar-refractivity contribution in [2.45, 2.75) is 18.9 Å². The molecule has 0 fully saturated rings.